The third kappa shape index (κ3) is 3.52. The van der Waals surface area contributed by atoms with Gasteiger partial charge in [0.2, 0.25) is 5.88 Å². The van der Waals surface area contributed by atoms with E-state index in [0.717, 1.165) is 5.69 Å². The van der Waals surface area contributed by atoms with E-state index in [9.17, 15) is 13.2 Å². The van der Waals surface area contributed by atoms with Gasteiger partial charge in [0.25, 0.3) is 0 Å². The van der Waals surface area contributed by atoms with Gasteiger partial charge in [0.15, 0.2) is 0 Å². The number of nitrogens with zero attached hydrogens (tertiary/aromatic N) is 1. The lowest BCUT2D eigenvalue weighted by Gasteiger charge is -2.31. The molecule has 6 heteroatoms. The van der Waals surface area contributed by atoms with Crippen LogP contribution in [0.3, 0.4) is 0 Å². The Bertz CT molecular complexity index is 415. The number of halogens is 3. The number of hydrogen-bond acceptors (Lipinski definition) is 3. The maximum atomic E-state index is 12.6. The topological polar surface area (TPSA) is 34.1 Å². The second-order valence-electron chi connectivity index (χ2n) is 4.79. The fourth-order valence-corrected chi connectivity index (χ4v) is 2.45. The second-order valence-corrected chi connectivity index (χ2v) is 4.79. The molecule has 1 aliphatic rings. The Morgan fingerprint density at radius 2 is 1.95 bits per heavy atom. The minimum Gasteiger partial charge on any atom is -0.480 e. The van der Waals surface area contributed by atoms with Crippen molar-refractivity contribution in [3.8, 4) is 5.88 Å². The Labute approximate surface area is 110 Å². The number of rotatable bonds is 3. The SMILES string of the molecule is COc1ncccc1NC1CCC(C(F)(F)F)CC1. The highest BCUT2D eigenvalue weighted by atomic mass is 19.4. The average Bonchev–Trinajstić information content (AvgIpc) is 2.39. The van der Waals surface area contributed by atoms with Gasteiger partial charge in [0.05, 0.1) is 18.7 Å². The van der Waals surface area contributed by atoms with E-state index >= 15 is 0 Å². The maximum Gasteiger partial charge on any atom is 0.391 e. The normalized spacial score (nSPS) is 24.0. The fraction of sp³-hybridized carbons (Fsp3) is 0.615. The molecule has 106 valence electrons. The molecule has 0 amide bonds. The molecule has 1 saturated carbocycles. The van der Waals surface area contributed by atoms with Crippen LogP contribution in [0.2, 0.25) is 0 Å². The predicted octanol–water partition coefficient (Wildman–Crippen LogP) is 3.62. The summed E-state index contributed by atoms with van der Waals surface area (Å²) in [4.78, 5) is 4.05. The Kier molecular flexibility index (Phi) is 4.17. The average molecular weight is 274 g/mol. The van der Waals surface area contributed by atoms with Crippen molar-refractivity contribution in [1.29, 1.82) is 0 Å². The molecule has 1 N–H and O–H groups in total. The smallest absolute Gasteiger partial charge is 0.391 e. The molecule has 0 aliphatic heterocycles. The zero-order valence-corrected chi connectivity index (χ0v) is 10.7. The first-order valence-corrected chi connectivity index (χ1v) is 6.33. The molecule has 0 aromatic carbocycles. The van der Waals surface area contributed by atoms with Gasteiger partial charge < -0.3 is 10.1 Å². The van der Waals surface area contributed by atoms with Crippen LogP contribution >= 0.6 is 0 Å². The van der Waals surface area contributed by atoms with Crippen molar-refractivity contribution in [2.24, 2.45) is 5.92 Å². The maximum absolute atomic E-state index is 12.6. The molecule has 3 nitrogen and oxygen atoms in total. The quantitative estimate of drug-likeness (QED) is 0.914. The number of anilines is 1. The Balaban J connectivity index is 1.92. The first-order valence-electron chi connectivity index (χ1n) is 6.33. The highest BCUT2D eigenvalue weighted by Gasteiger charge is 2.41. The number of pyridine rings is 1. The molecule has 1 aromatic rings. The van der Waals surface area contributed by atoms with Gasteiger partial charge in [-0.3, -0.25) is 0 Å². The van der Waals surface area contributed by atoms with Crippen molar-refractivity contribution >= 4 is 5.69 Å². The molecule has 0 unspecified atom stereocenters. The van der Waals surface area contributed by atoms with Gasteiger partial charge in [-0.25, -0.2) is 4.98 Å². The van der Waals surface area contributed by atoms with Crippen LogP contribution < -0.4 is 10.1 Å². The van der Waals surface area contributed by atoms with Crippen LogP contribution in [-0.2, 0) is 0 Å². The molecule has 1 aromatic heterocycles. The zero-order valence-electron chi connectivity index (χ0n) is 10.7. The van der Waals surface area contributed by atoms with Gasteiger partial charge in [0, 0.05) is 12.2 Å². The van der Waals surface area contributed by atoms with Gasteiger partial charge in [-0.2, -0.15) is 13.2 Å². The van der Waals surface area contributed by atoms with E-state index in [1.807, 2.05) is 6.07 Å². The van der Waals surface area contributed by atoms with Crippen molar-refractivity contribution in [2.45, 2.75) is 37.9 Å². The van der Waals surface area contributed by atoms with E-state index in [1.165, 1.54) is 7.11 Å². The summed E-state index contributed by atoms with van der Waals surface area (Å²) in [7, 11) is 1.52. The summed E-state index contributed by atoms with van der Waals surface area (Å²) in [5.41, 5.74) is 0.737. The van der Waals surface area contributed by atoms with Crippen molar-refractivity contribution in [3.05, 3.63) is 18.3 Å². The first-order chi connectivity index (χ1) is 9.00. The van der Waals surface area contributed by atoms with Crippen LogP contribution in [0.25, 0.3) is 0 Å². The molecular formula is C13H17F3N2O. The summed E-state index contributed by atoms with van der Waals surface area (Å²) < 4.78 is 42.8. The van der Waals surface area contributed by atoms with E-state index in [0.29, 0.717) is 18.7 Å². The Morgan fingerprint density at radius 1 is 1.26 bits per heavy atom. The minimum absolute atomic E-state index is 0.0525. The number of ether oxygens (including phenoxy) is 1. The van der Waals surface area contributed by atoms with E-state index < -0.39 is 12.1 Å². The van der Waals surface area contributed by atoms with E-state index in [4.69, 9.17) is 4.74 Å². The predicted molar refractivity (Wildman–Crippen MR) is 66.2 cm³/mol. The number of nitrogens with one attached hydrogen (secondary N) is 1. The van der Waals surface area contributed by atoms with Crippen molar-refractivity contribution < 1.29 is 17.9 Å². The third-order valence-corrected chi connectivity index (χ3v) is 3.51. The number of alkyl halides is 3. The lowest BCUT2D eigenvalue weighted by molar-refractivity contribution is -0.182. The van der Waals surface area contributed by atoms with Crippen molar-refractivity contribution in [3.63, 3.8) is 0 Å². The molecule has 0 spiro atoms. The standard InChI is InChI=1S/C13H17F3N2O/c1-19-12-11(3-2-8-17-12)18-10-6-4-9(5-7-10)13(14,15)16/h2-3,8-10,18H,4-7H2,1H3. The van der Waals surface area contributed by atoms with Crippen LogP contribution in [0.15, 0.2) is 18.3 Å². The van der Waals surface area contributed by atoms with Gasteiger partial charge in [-0.05, 0) is 37.8 Å². The van der Waals surface area contributed by atoms with Crippen molar-refractivity contribution in [1.82, 2.24) is 4.98 Å². The summed E-state index contributed by atoms with van der Waals surface area (Å²) in [6.07, 6.45) is -1.04. The van der Waals surface area contributed by atoms with Crippen molar-refractivity contribution in [2.75, 3.05) is 12.4 Å². The summed E-state index contributed by atoms with van der Waals surface area (Å²) in [5, 5.41) is 3.22. The summed E-state index contributed by atoms with van der Waals surface area (Å²) in [6, 6.07) is 3.64. The molecule has 0 radical (unpaired) electrons. The highest BCUT2D eigenvalue weighted by Crippen LogP contribution is 2.38. The largest absolute Gasteiger partial charge is 0.480 e. The molecule has 2 rings (SSSR count). The molecule has 19 heavy (non-hydrogen) atoms. The zero-order chi connectivity index (χ0) is 13.9. The third-order valence-electron chi connectivity index (χ3n) is 3.51. The van der Waals surface area contributed by atoms with Gasteiger partial charge in [0.1, 0.15) is 0 Å². The van der Waals surface area contributed by atoms with Crippen LogP contribution in [0.5, 0.6) is 5.88 Å². The first kappa shape index (κ1) is 14.0. The molecular weight excluding hydrogens is 257 g/mol. The van der Waals surface area contributed by atoms with E-state index in [2.05, 4.69) is 10.3 Å². The van der Waals surface area contributed by atoms with E-state index in [-0.39, 0.29) is 18.9 Å². The van der Waals surface area contributed by atoms with Crippen LogP contribution in [0, 0.1) is 5.92 Å². The highest BCUT2D eigenvalue weighted by molar-refractivity contribution is 5.52. The lowest BCUT2D eigenvalue weighted by atomic mass is 9.85. The summed E-state index contributed by atoms with van der Waals surface area (Å²) >= 11 is 0. The lowest BCUT2D eigenvalue weighted by Crippen LogP contribution is -2.32. The monoisotopic (exact) mass is 274 g/mol. The molecule has 0 bridgehead atoms. The minimum atomic E-state index is -4.06. The number of hydrogen-bond donors (Lipinski definition) is 1. The fourth-order valence-electron chi connectivity index (χ4n) is 2.45. The molecule has 1 heterocycles. The van der Waals surface area contributed by atoms with Gasteiger partial charge in [-0.15, -0.1) is 0 Å². The van der Waals surface area contributed by atoms with E-state index in [1.54, 1.807) is 12.3 Å². The number of aromatic nitrogens is 1. The second kappa shape index (κ2) is 5.67. The summed E-state index contributed by atoms with van der Waals surface area (Å²) in [5.74, 6) is -0.679. The van der Waals surface area contributed by atoms with Crippen LogP contribution in [0.4, 0.5) is 18.9 Å². The Hall–Kier alpha value is -1.46. The Morgan fingerprint density at radius 3 is 2.53 bits per heavy atom. The van der Waals surface area contributed by atoms with Gasteiger partial charge >= 0.3 is 6.18 Å². The van der Waals surface area contributed by atoms with Crippen LogP contribution in [0.1, 0.15) is 25.7 Å². The van der Waals surface area contributed by atoms with Gasteiger partial charge in [-0.1, -0.05) is 0 Å². The molecule has 1 aliphatic carbocycles. The molecule has 0 saturated heterocycles. The van der Waals surface area contributed by atoms with Crippen LogP contribution in [-0.4, -0.2) is 24.3 Å². The number of methoxy groups -OCH3 is 1. The molecule has 1 fully saturated rings. The summed E-state index contributed by atoms with van der Waals surface area (Å²) in [6.45, 7) is 0. The molecule has 0 atom stereocenters.